The summed E-state index contributed by atoms with van der Waals surface area (Å²) < 4.78 is 39.7. The van der Waals surface area contributed by atoms with Gasteiger partial charge in [-0.15, -0.1) is 0 Å². The smallest absolute Gasteiger partial charge is 0.264 e. The number of methoxy groups -OCH3 is 2. The van der Waals surface area contributed by atoms with Crippen LogP contribution in [-0.2, 0) is 26.0 Å². The van der Waals surface area contributed by atoms with Gasteiger partial charge < -0.3 is 19.7 Å². The Morgan fingerprint density at radius 2 is 1.56 bits per heavy atom. The van der Waals surface area contributed by atoms with Crippen LogP contribution in [0.25, 0.3) is 0 Å². The monoisotopic (exact) mass is 553 g/mol. The van der Waals surface area contributed by atoms with E-state index >= 15 is 0 Å². The molecular weight excluding hydrogens is 518 g/mol. The number of carbonyl (C=O) groups excluding carboxylic acids is 2. The fourth-order valence-corrected chi connectivity index (χ4v) is 5.55. The molecule has 0 saturated carbocycles. The van der Waals surface area contributed by atoms with E-state index in [2.05, 4.69) is 5.32 Å². The Kier molecular flexibility index (Phi) is 10.3. The minimum atomic E-state index is -4.21. The maximum absolute atomic E-state index is 13.9. The molecular formula is C29H35N3O6S. The second-order valence-corrected chi connectivity index (χ2v) is 10.6. The van der Waals surface area contributed by atoms with Crippen LogP contribution in [0, 0.1) is 0 Å². The van der Waals surface area contributed by atoms with Crippen LogP contribution in [0.3, 0.4) is 0 Å². The molecule has 3 rings (SSSR count). The summed E-state index contributed by atoms with van der Waals surface area (Å²) in [5.41, 5.74) is 1.13. The maximum Gasteiger partial charge on any atom is 0.264 e. The first kappa shape index (κ1) is 29.5. The molecule has 2 amide bonds. The highest BCUT2D eigenvalue weighted by atomic mass is 32.2. The first-order chi connectivity index (χ1) is 18.7. The number of hydrogen-bond acceptors (Lipinski definition) is 6. The van der Waals surface area contributed by atoms with E-state index in [-0.39, 0.29) is 28.8 Å². The Bertz CT molecular complexity index is 1350. The molecule has 0 saturated heterocycles. The number of hydrogen-bond donors (Lipinski definition) is 1. The van der Waals surface area contributed by atoms with E-state index in [1.807, 2.05) is 30.3 Å². The highest BCUT2D eigenvalue weighted by molar-refractivity contribution is 7.92. The molecule has 0 aliphatic rings. The number of carbonyl (C=O) groups is 2. The molecule has 10 heteroatoms. The van der Waals surface area contributed by atoms with E-state index in [0.29, 0.717) is 18.7 Å². The third-order valence-corrected chi connectivity index (χ3v) is 8.04. The number of amides is 2. The minimum Gasteiger partial charge on any atom is -0.497 e. The molecule has 0 aliphatic heterocycles. The van der Waals surface area contributed by atoms with Gasteiger partial charge in [-0.3, -0.25) is 13.9 Å². The van der Waals surface area contributed by atoms with Gasteiger partial charge in [-0.05, 0) is 50.1 Å². The summed E-state index contributed by atoms with van der Waals surface area (Å²) in [4.78, 5) is 28.1. The van der Waals surface area contributed by atoms with E-state index < -0.39 is 28.5 Å². The van der Waals surface area contributed by atoms with Crippen molar-refractivity contribution in [3.63, 3.8) is 0 Å². The number of nitrogens with one attached hydrogen (secondary N) is 1. The molecule has 3 aromatic rings. The van der Waals surface area contributed by atoms with Crippen molar-refractivity contribution in [2.75, 3.05) is 38.2 Å². The van der Waals surface area contributed by atoms with E-state index in [0.717, 1.165) is 9.87 Å². The SMILES string of the molecule is CCNC(=O)[C@H](C)N(CCc1ccccc1)C(=O)CN(c1cc(OC)ccc1OC)S(=O)(=O)c1ccccc1. The first-order valence-electron chi connectivity index (χ1n) is 12.6. The topological polar surface area (TPSA) is 105 Å². The summed E-state index contributed by atoms with van der Waals surface area (Å²) >= 11 is 0. The van der Waals surface area contributed by atoms with E-state index in [4.69, 9.17) is 9.47 Å². The lowest BCUT2D eigenvalue weighted by molar-refractivity contribution is -0.138. The van der Waals surface area contributed by atoms with Crippen LogP contribution in [0.15, 0.2) is 83.8 Å². The molecule has 208 valence electrons. The highest BCUT2D eigenvalue weighted by Gasteiger charge is 2.33. The number of anilines is 1. The standard InChI is InChI=1S/C29H35N3O6S/c1-5-30-29(34)22(2)31(19-18-23-12-8-6-9-13-23)28(33)21-32(39(35,36)25-14-10-7-11-15-25)26-20-24(37-3)16-17-27(26)38-4/h6-17,20,22H,5,18-19,21H2,1-4H3,(H,30,34)/t22-/m0/s1. The largest absolute Gasteiger partial charge is 0.497 e. The molecule has 1 atom stereocenters. The van der Waals surface area contributed by atoms with Crippen LogP contribution in [-0.4, -0.2) is 65.0 Å². The third kappa shape index (κ3) is 7.29. The van der Waals surface area contributed by atoms with Crippen LogP contribution in [0.4, 0.5) is 5.69 Å². The first-order valence-corrected chi connectivity index (χ1v) is 14.1. The molecule has 0 bridgehead atoms. The minimum absolute atomic E-state index is 0.00952. The molecule has 0 aromatic heterocycles. The van der Waals surface area contributed by atoms with Gasteiger partial charge in [0.1, 0.15) is 24.1 Å². The number of likely N-dealkylation sites (N-methyl/N-ethyl adjacent to an activating group) is 1. The predicted molar refractivity (Wildman–Crippen MR) is 151 cm³/mol. The molecule has 0 aliphatic carbocycles. The van der Waals surface area contributed by atoms with Gasteiger partial charge in [0, 0.05) is 19.2 Å². The van der Waals surface area contributed by atoms with Crippen LogP contribution >= 0.6 is 0 Å². The lowest BCUT2D eigenvalue weighted by Crippen LogP contribution is -2.52. The Morgan fingerprint density at radius 1 is 0.923 bits per heavy atom. The van der Waals surface area contributed by atoms with Crippen molar-refractivity contribution >= 4 is 27.5 Å². The van der Waals surface area contributed by atoms with Crippen LogP contribution in [0.5, 0.6) is 11.5 Å². The summed E-state index contributed by atoms with van der Waals surface area (Å²) in [5, 5.41) is 2.75. The predicted octanol–water partition coefficient (Wildman–Crippen LogP) is 3.50. The van der Waals surface area contributed by atoms with Gasteiger partial charge in [0.05, 0.1) is 24.8 Å². The number of ether oxygens (including phenoxy) is 2. The summed E-state index contributed by atoms with van der Waals surface area (Å²) in [5.74, 6) is -0.219. The number of nitrogens with zero attached hydrogens (tertiary/aromatic N) is 2. The van der Waals surface area contributed by atoms with Crippen molar-refractivity contribution in [2.45, 2.75) is 31.2 Å². The van der Waals surface area contributed by atoms with Crippen molar-refractivity contribution in [1.29, 1.82) is 0 Å². The average Bonchev–Trinajstić information content (AvgIpc) is 2.96. The van der Waals surface area contributed by atoms with Gasteiger partial charge in [0.15, 0.2) is 0 Å². The maximum atomic E-state index is 13.9. The van der Waals surface area contributed by atoms with Crippen molar-refractivity contribution in [3.8, 4) is 11.5 Å². The van der Waals surface area contributed by atoms with Crippen molar-refractivity contribution in [1.82, 2.24) is 10.2 Å². The van der Waals surface area contributed by atoms with Gasteiger partial charge in [-0.2, -0.15) is 0 Å². The number of benzene rings is 3. The molecule has 0 radical (unpaired) electrons. The second-order valence-electron chi connectivity index (χ2n) is 8.76. The summed E-state index contributed by atoms with van der Waals surface area (Å²) in [6.45, 7) is 3.49. The normalized spacial score (nSPS) is 11.8. The molecule has 0 fully saturated rings. The molecule has 1 N–H and O–H groups in total. The summed E-state index contributed by atoms with van der Waals surface area (Å²) in [6.07, 6.45) is 0.490. The van der Waals surface area contributed by atoms with Gasteiger partial charge >= 0.3 is 0 Å². The zero-order valence-electron chi connectivity index (χ0n) is 22.7. The second kappa shape index (κ2) is 13.7. The molecule has 0 unspecified atom stereocenters. The van der Waals surface area contributed by atoms with Crippen LogP contribution in [0.2, 0.25) is 0 Å². The lowest BCUT2D eigenvalue weighted by atomic mass is 10.1. The molecule has 39 heavy (non-hydrogen) atoms. The third-order valence-electron chi connectivity index (χ3n) is 6.27. The van der Waals surface area contributed by atoms with Gasteiger partial charge in [-0.25, -0.2) is 8.42 Å². The number of rotatable bonds is 13. The van der Waals surface area contributed by atoms with Crippen molar-refractivity contribution in [2.24, 2.45) is 0 Å². The number of sulfonamides is 1. The zero-order valence-corrected chi connectivity index (χ0v) is 23.5. The summed E-state index contributed by atoms with van der Waals surface area (Å²) in [7, 11) is -1.33. The Morgan fingerprint density at radius 3 is 2.15 bits per heavy atom. The fraction of sp³-hybridized carbons (Fsp3) is 0.310. The van der Waals surface area contributed by atoms with Crippen molar-refractivity contribution in [3.05, 3.63) is 84.4 Å². The molecule has 0 spiro atoms. The van der Waals surface area contributed by atoms with E-state index in [1.54, 1.807) is 44.2 Å². The fourth-order valence-electron chi connectivity index (χ4n) is 4.12. The molecule has 3 aromatic carbocycles. The van der Waals surface area contributed by atoms with Crippen LogP contribution < -0.4 is 19.1 Å². The Hall–Kier alpha value is -4.05. The van der Waals surface area contributed by atoms with Crippen molar-refractivity contribution < 1.29 is 27.5 Å². The lowest BCUT2D eigenvalue weighted by Gasteiger charge is -2.32. The van der Waals surface area contributed by atoms with E-state index in [1.165, 1.54) is 37.3 Å². The Balaban J connectivity index is 2.05. The Labute approximate surface area is 230 Å². The molecule has 9 nitrogen and oxygen atoms in total. The van der Waals surface area contributed by atoms with E-state index in [9.17, 15) is 18.0 Å². The van der Waals surface area contributed by atoms with Gasteiger partial charge in [-0.1, -0.05) is 48.5 Å². The highest BCUT2D eigenvalue weighted by Crippen LogP contribution is 2.35. The van der Waals surface area contributed by atoms with Gasteiger partial charge in [0.2, 0.25) is 11.8 Å². The average molecular weight is 554 g/mol. The van der Waals surface area contributed by atoms with Crippen LogP contribution in [0.1, 0.15) is 19.4 Å². The zero-order chi connectivity index (χ0) is 28.4. The van der Waals surface area contributed by atoms with Gasteiger partial charge in [0.25, 0.3) is 10.0 Å². The molecule has 0 heterocycles. The quantitative estimate of drug-likeness (QED) is 0.347. The summed E-state index contributed by atoms with van der Waals surface area (Å²) in [6, 6.07) is 21.3.